The predicted molar refractivity (Wildman–Crippen MR) is 110 cm³/mol. The lowest BCUT2D eigenvalue weighted by atomic mass is 10.0. The first-order chi connectivity index (χ1) is 14.1. The number of ketones is 1. The van der Waals surface area contributed by atoms with Gasteiger partial charge in [-0.25, -0.2) is 4.79 Å². The van der Waals surface area contributed by atoms with Gasteiger partial charge in [0.1, 0.15) is 6.04 Å². The molecule has 2 aliphatic rings. The first-order valence-electron chi connectivity index (χ1n) is 10.1. The summed E-state index contributed by atoms with van der Waals surface area (Å²) in [7, 11) is 0. The van der Waals surface area contributed by atoms with Crippen molar-refractivity contribution in [1.82, 2.24) is 9.88 Å². The lowest BCUT2D eigenvalue weighted by Crippen LogP contribution is -2.36. The number of carbonyl (C=O) groups is 2. The van der Waals surface area contributed by atoms with E-state index < -0.39 is 18.2 Å². The maximum absolute atomic E-state index is 12.0. The van der Waals surface area contributed by atoms with Gasteiger partial charge in [-0.15, -0.1) is 0 Å². The fourth-order valence-electron chi connectivity index (χ4n) is 4.09. The molecule has 3 heterocycles. The average Bonchev–Trinajstić information content (AvgIpc) is 3.11. The third-order valence-electron chi connectivity index (χ3n) is 5.69. The molecule has 1 amide bonds. The molecular weight excluding hydrogens is 368 g/mol. The van der Waals surface area contributed by atoms with Crippen LogP contribution in [-0.4, -0.2) is 47.6 Å². The molecule has 0 radical (unpaired) electrons. The second-order valence-electron chi connectivity index (χ2n) is 7.58. The van der Waals surface area contributed by atoms with Gasteiger partial charge in [-0.2, -0.15) is 0 Å². The molecule has 152 valence electrons. The number of benzene rings is 1. The summed E-state index contributed by atoms with van der Waals surface area (Å²) in [6.07, 6.45) is 4.12. The van der Waals surface area contributed by atoms with Crippen LogP contribution in [0.25, 0.3) is 11.1 Å². The van der Waals surface area contributed by atoms with E-state index in [1.165, 1.54) is 36.8 Å². The van der Waals surface area contributed by atoms with Gasteiger partial charge in [0.25, 0.3) is 0 Å². The van der Waals surface area contributed by atoms with Crippen molar-refractivity contribution in [3.8, 4) is 11.1 Å². The molecule has 7 nitrogen and oxygen atoms in total. The highest BCUT2D eigenvalue weighted by Crippen LogP contribution is 2.33. The molecule has 1 aromatic carbocycles. The Labute approximate surface area is 170 Å². The van der Waals surface area contributed by atoms with Gasteiger partial charge < -0.3 is 15.4 Å². The van der Waals surface area contributed by atoms with Gasteiger partial charge in [0.05, 0.1) is 12.4 Å². The maximum Gasteiger partial charge on any atom is 0.412 e. The van der Waals surface area contributed by atoms with Gasteiger partial charge in [-0.1, -0.05) is 18.2 Å². The number of cyclic esters (lactones) is 1. The number of pyridine rings is 1. The number of hydrogen-bond donors (Lipinski definition) is 1. The van der Waals surface area contributed by atoms with Gasteiger partial charge in [-0.05, 0) is 49.9 Å². The van der Waals surface area contributed by atoms with Crippen LogP contribution >= 0.6 is 0 Å². The average molecular weight is 394 g/mol. The van der Waals surface area contributed by atoms with Gasteiger partial charge >= 0.3 is 6.09 Å². The Bertz CT molecular complexity index is 876. The van der Waals surface area contributed by atoms with Crippen molar-refractivity contribution < 1.29 is 14.3 Å². The molecule has 4 rings (SSSR count). The first kappa shape index (κ1) is 19.4. The topological polar surface area (TPSA) is 88.8 Å². The normalized spacial score (nSPS) is 21.9. The summed E-state index contributed by atoms with van der Waals surface area (Å²) in [4.78, 5) is 32.2. The third kappa shape index (κ3) is 3.82. The Morgan fingerprint density at radius 2 is 1.79 bits per heavy atom. The highest BCUT2D eigenvalue weighted by molar-refractivity contribution is 5.87. The molecule has 2 saturated heterocycles. The fraction of sp³-hybridized carbons (Fsp3) is 0.409. The van der Waals surface area contributed by atoms with E-state index in [1.54, 1.807) is 6.20 Å². The molecular formula is C22H26N4O3. The molecule has 29 heavy (non-hydrogen) atoms. The second kappa shape index (κ2) is 8.21. The van der Waals surface area contributed by atoms with E-state index >= 15 is 0 Å². The molecule has 1 aromatic heterocycles. The van der Waals surface area contributed by atoms with Crippen LogP contribution in [0, 0.1) is 0 Å². The fourth-order valence-corrected chi connectivity index (χ4v) is 4.09. The Balaban J connectivity index is 1.54. The largest absolute Gasteiger partial charge is 0.435 e. The standard InChI is InChI=1S/C22H26N4O3/c1-15(27)21-20(26(14-23)22(28)29-21)19-10-7-17(13-24-19)16-5-8-18(9-6-16)25-11-3-2-4-12-25/h5-10,13,20-21H,2-4,11-12,14,23H2,1H3. The third-order valence-corrected chi connectivity index (χ3v) is 5.69. The summed E-state index contributed by atoms with van der Waals surface area (Å²) in [5.41, 5.74) is 9.58. The van der Waals surface area contributed by atoms with Gasteiger partial charge in [0.2, 0.25) is 0 Å². The Hall–Kier alpha value is -2.93. The van der Waals surface area contributed by atoms with Crippen molar-refractivity contribution in [3.05, 3.63) is 48.3 Å². The minimum atomic E-state index is -0.881. The van der Waals surface area contributed by atoms with Crippen molar-refractivity contribution in [2.75, 3.05) is 24.7 Å². The van der Waals surface area contributed by atoms with Crippen molar-refractivity contribution in [3.63, 3.8) is 0 Å². The number of amides is 1. The number of aromatic nitrogens is 1. The van der Waals surface area contributed by atoms with E-state index in [-0.39, 0.29) is 12.5 Å². The smallest absolute Gasteiger partial charge is 0.412 e. The molecule has 2 fully saturated rings. The van der Waals surface area contributed by atoms with Crippen LogP contribution in [0.5, 0.6) is 0 Å². The summed E-state index contributed by atoms with van der Waals surface area (Å²) < 4.78 is 5.19. The van der Waals surface area contributed by atoms with Crippen LogP contribution in [0.4, 0.5) is 10.5 Å². The van der Waals surface area contributed by atoms with E-state index in [4.69, 9.17) is 10.5 Å². The molecule has 2 aromatic rings. The van der Waals surface area contributed by atoms with E-state index in [0.29, 0.717) is 5.69 Å². The minimum absolute atomic E-state index is 0.0331. The summed E-state index contributed by atoms with van der Waals surface area (Å²) in [5.74, 6) is -0.224. The van der Waals surface area contributed by atoms with Crippen LogP contribution in [0.15, 0.2) is 42.6 Å². The van der Waals surface area contributed by atoms with Crippen LogP contribution in [-0.2, 0) is 9.53 Å². The zero-order valence-corrected chi connectivity index (χ0v) is 16.6. The molecule has 7 heteroatoms. The number of Topliss-reactive ketones (excluding diaryl/α,β-unsaturated/α-hetero) is 1. The molecule has 0 bridgehead atoms. The molecule has 2 N–H and O–H groups in total. The molecule has 0 spiro atoms. The second-order valence-corrected chi connectivity index (χ2v) is 7.58. The highest BCUT2D eigenvalue weighted by Gasteiger charge is 2.45. The molecule has 0 aliphatic carbocycles. The van der Waals surface area contributed by atoms with Crippen molar-refractivity contribution >= 4 is 17.6 Å². The Morgan fingerprint density at radius 1 is 1.10 bits per heavy atom. The summed E-state index contributed by atoms with van der Waals surface area (Å²) in [6.45, 7) is 3.61. The van der Waals surface area contributed by atoms with Crippen molar-refractivity contribution in [2.24, 2.45) is 5.73 Å². The zero-order chi connectivity index (χ0) is 20.4. The van der Waals surface area contributed by atoms with E-state index in [2.05, 4.69) is 34.1 Å². The molecule has 2 aliphatic heterocycles. The molecule has 2 unspecified atom stereocenters. The molecule has 2 atom stereocenters. The van der Waals surface area contributed by atoms with Crippen LogP contribution in [0.3, 0.4) is 0 Å². The number of rotatable bonds is 5. The van der Waals surface area contributed by atoms with Crippen LogP contribution < -0.4 is 10.6 Å². The predicted octanol–water partition coefficient (Wildman–Crippen LogP) is 3.11. The SMILES string of the molecule is CC(=O)C1OC(=O)N(CN)C1c1ccc(-c2ccc(N3CCCCC3)cc2)cn1. The van der Waals surface area contributed by atoms with Gasteiger partial charge in [0, 0.05) is 30.5 Å². The zero-order valence-electron chi connectivity index (χ0n) is 16.6. The molecule has 0 saturated carbocycles. The van der Waals surface area contributed by atoms with Crippen molar-refractivity contribution in [1.29, 1.82) is 0 Å². The number of piperidine rings is 1. The number of nitrogens with zero attached hydrogens (tertiary/aromatic N) is 3. The monoisotopic (exact) mass is 394 g/mol. The van der Waals surface area contributed by atoms with Gasteiger partial charge in [-0.3, -0.25) is 14.7 Å². The van der Waals surface area contributed by atoms with Crippen molar-refractivity contribution in [2.45, 2.75) is 38.3 Å². The number of hydrogen-bond acceptors (Lipinski definition) is 6. The maximum atomic E-state index is 12.0. The minimum Gasteiger partial charge on any atom is -0.435 e. The lowest BCUT2D eigenvalue weighted by Gasteiger charge is -2.28. The number of anilines is 1. The van der Waals surface area contributed by atoms with Crippen LogP contribution in [0.1, 0.15) is 37.9 Å². The summed E-state index contributed by atoms with van der Waals surface area (Å²) in [5, 5.41) is 0. The number of carbonyl (C=O) groups excluding carboxylic acids is 2. The van der Waals surface area contributed by atoms with E-state index in [9.17, 15) is 9.59 Å². The highest BCUT2D eigenvalue weighted by atomic mass is 16.6. The quantitative estimate of drug-likeness (QED) is 0.838. The Morgan fingerprint density at radius 3 is 2.38 bits per heavy atom. The van der Waals surface area contributed by atoms with Gasteiger partial charge in [0.15, 0.2) is 11.9 Å². The number of nitrogens with two attached hydrogens (primary N) is 1. The Kier molecular flexibility index (Phi) is 5.49. The first-order valence-corrected chi connectivity index (χ1v) is 10.1. The van der Waals surface area contributed by atoms with Crippen LogP contribution in [0.2, 0.25) is 0 Å². The summed E-state index contributed by atoms with van der Waals surface area (Å²) >= 11 is 0. The van der Waals surface area contributed by atoms with E-state index in [0.717, 1.165) is 24.2 Å². The summed E-state index contributed by atoms with van der Waals surface area (Å²) in [6, 6.07) is 11.7. The number of ether oxygens (including phenoxy) is 1. The van der Waals surface area contributed by atoms with E-state index in [1.807, 2.05) is 12.1 Å². The lowest BCUT2D eigenvalue weighted by molar-refractivity contribution is -0.124.